The molecule has 5 heteroatoms. The summed E-state index contributed by atoms with van der Waals surface area (Å²) in [5.41, 5.74) is 0.499. The van der Waals surface area contributed by atoms with Crippen LogP contribution in [0.5, 0.6) is 6.01 Å². The van der Waals surface area contributed by atoms with Gasteiger partial charge in [0.1, 0.15) is 0 Å². The molecule has 18 heavy (non-hydrogen) atoms. The van der Waals surface area contributed by atoms with Crippen LogP contribution >= 0.6 is 11.8 Å². The molecule has 92 valence electrons. The molecular formula is C13H12N2O2S. The van der Waals surface area contributed by atoms with E-state index in [4.69, 9.17) is 4.74 Å². The second-order valence-electron chi connectivity index (χ2n) is 3.48. The molecule has 4 nitrogen and oxygen atoms in total. The number of thioether (sulfide) groups is 1. The van der Waals surface area contributed by atoms with Crippen LogP contribution in [0.3, 0.4) is 0 Å². The fourth-order valence-corrected chi connectivity index (χ4v) is 2.13. The first-order chi connectivity index (χ1) is 8.79. The summed E-state index contributed by atoms with van der Waals surface area (Å²) in [5, 5.41) is 0. The van der Waals surface area contributed by atoms with Crippen LogP contribution in [0.25, 0.3) is 0 Å². The highest BCUT2D eigenvalue weighted by Crippen LogP contribution is 2.18. The molecule has 2 rings (SSSR count). The van der Waals surface area contributed by atoms with Gasteiger partial charge >= 0.3 is 6.01 Å². The predicted molar refractivity (Wildman–Crippen MR) is 70.1 cm³/mol. The molecule has 0 spiro atoms. The van der Waals surface area contributed by atoms with Crippen LogP contribution in [0.4, 0.5) is 0 Å². The van der Waals surface area contributed by atoms with Crippen LogP contribution in [0.15, 0.2) is 47.6 Å². The predicted octanol–water partition coefficient (Wildman–Crippen LogP) is 2.46. The number of carbonyl (C=O) groups excluding carboxylic acids is 1. The minimum atomic E-state index is 0.00602. The van der Waals surface area contributed by atoms with Crippen molar-refractivity contribution in [1.29, 1.82) is 0 Å². The molecule has 1 heterocycles. The van der Waals surface area contributed by atoms with Gasteiger partial charge in [-0.15, -0.1) is 11.8 Å². The molecular weight excluding hydrogens is 248 g/mol. The largest absolute Gasteiger partial charge is 0.467 e. The molecule has 0 aliphatic carbocycles. The van der Waals surface area contributed by atoms with Crippen molar-refractivity contribution in [3.05, 3.63) is 48.3 Å². The number of ether oxygens (including phenoxy) is 1. The number of ketones is 1. The third-order valence-electron chi connectivity index (χ3n) is 2.25. The molecule has 0 saturated heterocycles. The highest BCUT2D eigenvalue weighted by molar-refractivity contribution is 8.00. The highest BCUT2D eigenvalue weighted by Gasteiger charge is 2.08. The van der Waals surface area contributed by atoms with E-state index in [2.05, 4.69) is 9.97 Å². The molecule has 0 bridgehead atoms. The van der Waals surface area contributed by atoms with Gasteiger partial charge in [0.05, 0.1) is 18.4 Å². The molecule has 2 aromatic rings. The number of rotatable bonds is 5. The fraction of sp³-hybridized carbons (Fsp3) is 0.154. The molecule has 0 radical (unpaired) electrons. The standard InChI is InChI=1S/C13H12N2O2S/c1-17-13-14-7-10(8-15-13)12(16)9-18-11-5-3-2-4-6-11/h2-8H,9H2,1H3. The maximum atomic E-state index is 11.9. The van der Waals surface area contributed by atoms with Gasteiger partial charge in [-0.25, -0.2) is 9.97 Å². The van der Waals surface area contributed by atoms with Crippen LogP contribution in [0, 0.1) is 0 Å². The summed E-state index contributed by atoms with van der Waals surface area (Å²) in [4.78, 5) is 20.8. The second-order valence-corrected chi connectivity index (χ2v) is 4.53. The Balaban J connectivity index is 1.95. The summed E-state index contributed by atoms with van der Waals surface area (Å²) in [5.74, 6) is 0.381. The average Bonchev–Trinajstić information content (AvgIpc) is 2.46. The molecule has 0 atom stereocenters. The van der Waals surface area contributed by atoms with Gasteiger partial charge in [0.25, 0.3) is 0 Å². The Bertz CT molecular complexity index is 514. The van der Waals surface area contributed by atoms with Crippen molar-refractivity contribution in [2.45, 2.75) is 4.90 Å². The lowest BCUT2D eigenvalue weighted by molar-refractivity contribution is 0.102. The van der Waals surface area contributed by atoms with E-state index >= 15 is 0 Å². The zero-order valence-electron chi connectivity index (χ0n) is 9.87. The van der Waals surface area contributed by atoms with E-state index < -0.39 is 0 Å². The van der Waals surface area contributed by atoms with E-state index in [-0.39, 0.29) is 11.8 Å². The van der Waals surface area contributed by atoms with Crippen molar-refractivity contribution in [3.63, 3.8) is 0 Å². The number of aromatic nitrogens is 2. The third kappa shape index (κ3) is 3.30. The topological polar surface area (TPSA) is 52.1 Å². The Hall–Kier alpha value is -1.88. The van der Waals surface area contributed by atoms with E-state index in [1.54, 1.807) is 0 Å². The van der Waals surface area contributed by atoms with Gasteiger partial charge in [-0.3, -0.25) is 4.79 Å². The molecule has 1 aromatic carbocycles. The number of benzene rings is 1. The van der Waals surface area contributed by atoms with Crippen molar-refractivity contribution in [3.8, 4) is 6.01 Å². The number of nitrogens with zero attached hydrogens (tertiary/aromatic N) is 2. The smallest absolute Gasteiger partial charge is 0.316 e. The number of Topliss-reactive ketones (excluding diaryl/α,β-unsaturated/α-hetero) is 1. The van der Waals surface area contributed by atoms with Crippen LogP contribution in [-0.2, 0) is 0 Å². The van der Waals surface area contributed by atoms with Crippen molar-refractivity contribution >= 4 is 17.5 Å². The molecule has 0 unspecified atom stereocenters. The van der Waals surface area contributed by atoms with Gasteiger partial charge in [-0.1, -0.05) is 18.2 Å². The average molecular weight is 260 g/mol. The number of hydrogen-bond acceptors (Lipinski definition) is 5. The summed E-state index contributed by atoms with van der Waals surface area (Å²) in [7, 11) is 1.49. The van der Waals surface area contributed by atoms with E-state index in [1.807, 2.05) is 30.3 Å². The minimum absolute atomic E-state index is 0.00602. The van der Waals surface area contributed by atoms with Crippen molar-refractivity contribution in [2.24, 2.45) is 0 Å². The van der Waals surface area contributed by atoms with E-state index in [0.717, 1.165) is 4.90 Å². The Morgan fingerprint density at radius 1 is 1.22 bits per heavy atom. The third-order valence-corrected chi connectivity index (χ3v) is 3.26. The zero-order chi connectivity index (χ0) is 12.8. The first kappa shape index (κ1) is 12.6. The quantitative estimate of drug-likeness (QED) is 0.610. The van der Waals surface area contributed by atoms with E-state index in [0.29, 0.717) is 11.3 Å². The zero-order valence-corrected chi connectivity index (χ0v) is 10.7. The lowest BCUT2D eigenvalue weighted by atomic mass is 10.2. The molecule has 0 aliphatic heterocycles. The van der Waals surface area contributed by atoms with E-state index in [1.165, 1.54) is 31.3 Å². The van der Waals surface area contributed by atoms with Crippen LogP contribution in [0.2, 0.25) is 0 Å². The van der Waals surface area contributed by atoms with Gasteiger partial charge < -0.3 is 4.74 Å². The lowest BCUT2D eigenvalue weighted by Gasteiger charge is -2.02. The highest BCUT2D eigenvalue weighted by atomic mass is 32.2. The van der Waals surface area contributed by atoms with Gasteiger partial charge in [0.2, 0.25) is 0 Å². The first-order valence-corrected chi connectivity index (χ1v) is 6.35. The maximum absolute atomic E-state index is 11.9. The van der Waals surface area contributed by atoms with Crippen LogP contribution in [-0.4, -0.2) is 28.6 Å². The maximum Gasteiger partial charge on any atom is 0.316 e. The Kier molecular flexibility index (Phi) is 4.30. The molecule has 0 aliphatic rings. The Morgan fingerprint density at radius 2 is 1.89 bits per heavy atom. The molecule has 1 aromatic heterocycles. The number of methoxy groups -OCH3 is 1. The normalized spacial score (nSPS) is 10.1. The van der Waals surface area contributed by atoms with Crippen molar-refractivity contribution in [1.82, 2.24) is 9.97 Å². The fourth-order valence-electron chi connectivity index (χ4n) is 1.31. The van der Waals surface area contributed by atoms with Gasteiger partial charge in [-0.05, 0) is 12.1 Å². The van der Waals surface area contributed by atoms with E-state index in [9.17, 15) is 4.79 Å². The van der Waals surface area contributed by atoms with Gasteiger partial charge in [0.15, 0.2) is 5.78 Å². The lowest BCUT2D eigenvalue weighted by Crippen LogP contribution is -2.04. The monoisotopic (exact) mass is 260 g/mol. The molecule has 0 fully saturated rings. The van der Waals surface area contributed by atoms with Crippen LogP contribution < -0.4 is 4.74 Å². The summed E-state index contributed by atoms with van der Waals surface area (Å²) in [6.07, 6.45) is 2.97. The minimum Gasteiger partial charge on any atom is -0.467 e. The molecule has 0 saturated carbocycles. The summed E-state index contributed by atoms with van der Waals surface area (Å²) in [6.45, 7) is 0. The van der Waals surface area contributed by atoms with Crippen molar-refractivity contribution < 1.29 is 9.53 Å². The van der Waals surface area contributed by atoms with Gasteiger partial charge in [-0.2, -0.15) is 0 Å². The van der Waals surface area contributed by atoms with Gasteiger partial charge in [0, 0.05) is 17.3 Å². The Labute approximate surface area is 109 Å². The van der Waals surface area contributed by atoms with Crippen molar-refractivity contribution in [2.75, 3.05) is 12.9 Å². The molecule has 0 N–H and O–H groups in total. The summed E-state index contributed by atoms with van der Waals surface area (Å²) < 4.78 is 4.84. The second kappa shape index (κ2) is 6.16. The Morgan fingerprint density at radius 3 is 2.50 bits per heavy atom. The summed E-state index contributed by atoms with van der Waals surface area (Å²) in [6, 6.07) is 10.1. The molecule has 0 amide bonds. The number of hydrogen-bond donors (Lipinski definition) is 0. The van der Waals surface area contributed by atoms with Crippen LogP contribution in [0.1, 0.15) is 10.4 Å². The SMILES string of the molecule is COc1ncc(C(=O)CSc2ccccc2)cn1. The number of carbonyl (C=O) groups is 1. The summed E-state index contributed by atoms with van der Waals surface area (Å²) >= 11 is 1.50. The first-order valence-electron chi connectivity index (χ1n) is 5.36.